The molecule has 1 fully saturated rings. The predicted molar refractivity (Wildman–Crippen MR) is 130 cm³/mol. The molecule has 0 radical (unpaired) electrons. The Morgan fingerprint density at radius 2 is 1.88 bits per heavy atom. The Balaban J connectivity index is 1.80. The van der Waals surface area contributed by atoms with Crippen LogP contribution < -0.4 is 9.47 Å². The lowest BCUT2D eigenvalue weighted by molar-refractivity contribution is -0.149. The lowest BCUT2D eigenvalue weighted by Gasteiger charge is -2.15. The topological polar surface area (TPSA) is 82.1 Å². The summed E-state index contributed by atoms with van der Waals surface area (Å²) < 4.78 is 17.4. The molecule has 2 aromatic rings. The van der Waals surface area contributed by atoms with Gasteiger partial charge in [0.2, 0.25) is 0 Å². The number of halogens is 1. The molecule has 0 bridgehead atoms. The van der Waals surface area contributed by atoms with Crippen LogP contribution in [0.2, 0.25) is 0 Å². The summed E-state index contributed by atoms with van der Waals surface area (Å²) in [5.41, 5.74) is 1.66. The number of nitrogens with zero attached hydrogens (tertiary/aromatic N) is 1. The van der Waals surface area contributed by atoms with Crippen molar-refractivity contribution in [2.45, 2.75) is 33.5 Å². The predicted octanol–water partition coefficient (Wildman–Crippen LogP) is 5.41. The summed E-state index contributed by atoms with van der Waals surface area (Å²) in [4.78, 5) is 38.0. The molecule has 1 aliphatic rings. The van der Waals surface area contributed by atoms with Gasteiger partial charge >= 0.3 is 5.97 Å². The summed E-state index contributed by atoms with van der Waals surface area (Å²) in [6.45, 7) is 5.64. The molecule has 0 spiro atoms. The highest BCUT2D eigenvalue weighted by molar-refractivity contribution is 9.10. The van der Waals surface area contributed by atoms with Crippen LogP contribution in [0.1, 0.15) is 31.9 Å². The first kappa shape index (κ1) is 24.9. The van der Waals surface area contributed by atoms with Crippen LogP contribution in [0.3, 0.4) is 0 Å². The minimum Gasteiger partial charge on any atom is -0.490 e. The number of thioether (sulfide) groups is 1. The van der Waals surface area contributed by atoms with Gasteiger partial charge in [-0.1, -0.05) is 30.3 Å². The van der Waals surface area contributed by atoms with E-state index in [0.717, 1.165) is 22.2 Å². The van der Waals surface area contributed by atoms with Gasteiger partial charge in [0, 0.05) is 0 Å². The first-order valence-electron chi connectivity index (χ1n) is 10.4. The Bertz CT molecular complexity index is 1070. The Hall–Kier alpha value is -2.78. The van der Waals surface area contributed by atoms with Crippen molar-refractivity contribution in [1.29, 1.82) is 0 Å². The zero-order valence-corrected chi connectivity index (χ0v) is 20.9. The van der Waals surface area contributed by atoms with Crippen molar-refractivity contribution < 1.29 is 28.6 Å². The minimum absolute atomic E-state index is 0.213. The van der Waals surface area contributed by atoms with Crippen molar-refractivity contribution in [3.8, 4) is 11.5 Å². The van der Waals surface area contributed by atoms with Crippen LogP contribution in [0.4, 0.5) is 4.79 Å². The van der Waals surface area contributed by atoms with Gasteiger partial charge in [0.05, 0.1) is 22.1 Å². The fraction of sp³-hybridized carbons (Fsp3) is 0.292. The number of carbonyl (C=O) groups excluding carboxylic acids is 3. The van der Waals surface area contributed by atoms with Gasteiger partial charge in [-0.3, -0.25) is 19.3 Å². The summed E-state index contributed by atoms with van der Waals surface area (Å²) in [5, 5.41) is -0.515. The normalized spacial score (nSPS) is 14.8. The fourth-order valence-electron chi connectivity index (χ4n) is 3.02. The van der Waals surface area contributed by atoms with Crippen molar-refractivity contribution in [2.75, 3.05) is 13.2 Å². The van der Waals surface area contributed by atoms with Crippen molar-refractivity contribution in [3.63, 3.8) is 0 Å². The summed E-state index contributed by atoms with van der Waals surface area (Å²) in [7, 11) is 0. The first-order chi connectivity index (χ1) is 15.8. The Morgan fingerprint density at radius 1 is 1.15 bits per heavy atom. The maximum absolute atomic E-state index is 12.7. The van der Waals surface area contributed by atoms with E-state index in [2.05, 4.69) is 15.9 Å². The highest BCUT2D eigenvalue weighted by atomic mass is 79.9. The van der Waals surface area contributed by atoms with Crippen molar-refractivity contribution >= 4 is 50.9 Å². The lowest BCUT2D eigenvalue weighted by Crippen LogP contribution is -2.35. The van der Waals surface area contributed by atoms with Crippen molar-refractivity contribution in [1.82, 2.24) is 4.90 Å². The van der Waals surface area contributed by atoms with Crippen LogP contribution in [0, 0.1) is 0 Å². The average molecular weight is 534 g/mol. The van der Waals surface area contributed by atoms with Gasteiger partial charge in [-0.2, -0.15) is 0 Å². The highest BCUT2D eigenvalue weighted by Gasteiger charge is 2.36. The van der Waals surface area contributed by atoms with Gasteiger partial charge in [-0.05, 0) is 77.8 Å². The van der Waals surface area contributed by atoms with Crippen LogP contribution in [0.5, 0.6) is 11.5 Å². The lowest BCUT2D eigenvalue weighted by atomic mass is 10.1. The van der Waals surface area contributed by atoms with E-state index in [9.17, 15) is 14.4 Å². The molecular weight excluding hydrogens is 510 g/mol. The number of benzene rings is 2. The Labute approximate surface area is 205 Å². The molecule has 174 valence electrons. The Kier molecular flexibility index (Phi) is 8.57. The van der Waals surface area contributed by atoms with E-state index in [-0.39, 0.29) is 11.0 Å². The molecule has 0 unspecified atom stereocenters. The van der Waals surface area contributed by atoms with Gasteiger partial charge in [-0.25, -0.2) is 0 Å². The second kappa shape index (κ2) is 11.4. The van der Waals surface area contributed by atoms with E-state index in [1.807, 2.05) is 37.3 Å². The van der Waals surface area contributed by atoms with E-state index in [1.54, 1.807) is 32.1 Å². The van der Waals surface area contributed by atoms with Gasteiger partial charge < -0.3 is 14.2 Å². The maximum Gasteiger partial charge on any atom is 0.326 e. The van der Waals surface area contributed by atoms with Crippen LogP contribution in [0.15, 0.2) is 51.8 Å². The third-order valence-corrected chi connectivity index (χ3v) is 5.88. The summed E-state index contributed by atoms with van der Waals surface area (Å²) in [6.07, 6.45) is 1.26. The SMILES string of the molecule is CCOc1cc(/C=C2\SC(=O)N(CC(=O)OC(C)C)C2=O)cc(Br)c1OCc1ccccc1. The van der Waals surface area contributed by atoms with Gasteiger partial charge in [0.25, 0.3) is 11.1 Å². The molecule has 9 heteroatoms. The maximum atomic E-state index is 12.7. The number of rotatable bonds is 9. The second-order valence-electron chi connectivity index (χ2n) is 7.34. The molecule has 0 N–H and O–H groups in total. The average Bonchev–Trinajstić information content (AvgIpc) is 3.01. The van der Waals surface area contributed by atoms with E-state index in [4.69, 9.17) is 14.2 Å². The molecule has 7 nitrogen and oxygen atoms in total. The minimum atomic E-state index is -0.630. The molecule has 1 heterocycles. The largest absolute Gasteiger partial charge is 0.490 e. The van der Waals surface area contributed by atoms with Gasteiger partial charge in [-0.15, -0.1) is 0 Å². The highest BCUT2D eigenvalue weighted by Crippen LogP contribution is 2.39. The number of imide groups is 1. The van der Waals surface area contributed by atoms with Crippen LogP contribution >= 0.6 is 27.7 Å². The van der Waals surface area contributed by atoms with Crippen molar-refractivity contribution in [2.24, 2.45) is 0 Å². The first-order valence-corrected chi connectivity index (χ1v) is 12.0. The third-order valence-electron chi connectivity index (χ3n) is 4.38. The smallest absolute Gasteiger partial charge is 0.326 e. The van der Waals surface area contributed by atoms with Crippen LogP contribution in [0.25, 0.3) is 6.08 Å². The second-order valence-corrected chi connectivity index (χ2v) is 9.19. The standard InChI is InChI=1S/C24H24BrNO6S/c1-4-30-19-11-17(10-18(25)22(19)31-14-16-8-6-5-7-9-16)12-20-23(28)26(24(29)33-20)13-21(27)32-15(2)3/h5-12,15H,4,13-14H2,1-3H3/b20-12-. The molecule has 0 aromatic heterocycles. The number of esters is 1. The zero-order valence-electron chi connectivity index (χ0n) is 18.5. The van der Waals surface area contributed by atoms with Crippen LogP contribution in [-0.2, 0) is 20.9 Å². The summed E-state index contributed by atoms with van der Waals surface area (Å²) in [5.74, 6) is -0.116. The molecule has 2 amide bonds. The quantitative estimate of drug-likeness (QED) is 0.314. The fourth-order valence-corrected chi connectivity index (χ4v) is 4.43. The molecule has 1 aliphatic heterocycles. The monoisotopic (exact) mass is 533 g/mol. The van der Waals surface area contributed by atoms with Gasteiger partial charge in [0.1, 0.15) is 13.2 Å². The molecular formula is C24H24BrNO6S. The zero-order chi connectivity index (χ0) is 24.0. The molecule has 3 rings (SSSR count). The molecule has 33 heavy (non-hydrogen) atoms. The number of hydrogen-bond donors (Lipinski definition) is 0. The van der Waals surface area contributed by atoms with E-state index >= 15 is 0 Å². The van der Waals surface area contributed by atoms with Crippen LogP contribution in [-0.4, -0.2) is 41.3 Å². The van der Waals surface area contributed by atoms with Gasteiger partial charge in [0.15, 0.2) is 11.5 Å². The summed E-state index contributed by atoms with van der Waals surface area (Å²) in [6, 6.07) is 13.3. The van der Waals surface area contributed by atoms with E-state index in [1.165, 1.54) is 0 Å². The van der Waals surface area contributed by atoms with E-state index in [0.29, 0.717) is 34.7 Å². The number of carbonyl (C=O) groups is 3. The number of ether oxygens (including phenoxy) is 3. The third kappa shape index (κ3) is 6.61. The van der Waals surface area contributed by atoms with Crippen molar-refractivity contribution in [3.05, 3.63) is 63.0 Å². The molecule has 0 aliphatic carbocycles. The summed E-state index contributed by atoms with van der Waals surface area (Å²) >= 11 is 4.30. The van der Waals surface area contributed by atoms with E-state index < -0.39 is 23.7 Å². The Morgan fingerprint density at radius 3 is 2.55 bits per heavy atom. The number of amides is 2. The molecule has 0 saturated carbocycles. The molecule has 0 atom stereocenters. The molecule has 2 aromatic carbocycles. The number of hydrogen-bond acceptors (Lipinski definition) is 7. The molecule has 1 saturated heterocycles.